The zero-order chi connectivity index (χ0) is 11.5. The first-order valence-corrected chi connectivity index (χ1v) is 6.55. The first-order chi connectivity index (χ1) is 8.43. The molecule has 6 nitrogen and oxygen atoms in total. The first-order valence-electron chi connectivity index (χ1n) is 5.78. The molecule has 90 valence electrons. The zero-order valence-corrected chi connectivity index (χ0v) is 10.1. The van der Waals surface area contributed by atoms with Gasteiger partial charge in [0.15, 0.2) is 5.82 Å². The van der Waals surface area contributed by atoms with Gasteiger partial charge in [-0.25, -0.2) is 0 Å². The van der Waals surface area contributed by atoms with E-state index in [1.54, 1.807) is 6.20 Å². The van der Waals surface area contributed by atoms with Crippen molar-refractivity contribution < 1.29 is 4.52 Å². The maximum atomic E-state index is 5.23. The fourth-order valence-corrected chi connectivity index (χ4v) is 2.42. The van der Waals surface area contributed by atoms with Crippen molar-refractivity contribution in [1.82, 2.24) is 25.0 Å². The van der Waals surface area contributed by atoms with Crippen LogP contribution in [0.25, 0.3) is 10.8 Å². The van der Waals surface area contributed by atoms with Crippen molar-refractivity contribution in [1.29, 1.82) is 0 Å². The van der Waals surface area contributed by atoms with Gasteiger partial charge in [-0.05, 0) is 30.9 Å². The predicted octanol–water partition coefficient (Wildman–Crippen LogP) is 1.79. The molecule has 7 heteroatoms. The average molecular weight is 251 g/mol. The van der Waals surface area contributed by atoms with Gasteiger partial charge in [0.05, 0.1) is 12.2 Å². The third-order valence-electron chi connectivity index (χ3n) is 2.89. The highest BCUT2D eigenvalue weighted by atomic mass is 32.1. The van der Waals surface area contributed by atoms with Gasteiger partial charge >= 0.3 is 0 Å². The number of hydrogen-bond acceptors (Lipinski definition) is 7. The second kappa shape index (κ2) is 4.89. The summed E-state index contributed by atoms with van der Waals surface area (Å²) in [5.41, 5.74) is 0. The molecule has 1 N–H and O–H groups in total. The van der Waals surface area contributed by atoms with E-state index in [1.807, 2.05) is 0 Å². The summed E-state index contributed by atoms with van der Waals surface area (Å²) in [4.78, 5) is 5.23. The summed E-state index contributed by atoms with van der Waals surface area (Å²) in [6.07, 6.45) is 6.42. The molecular formula is C10H13N5OS. The minimum Gasteiger partial charge on any atom is -0.333 e. The quantitative estimate of drug-likeness (QED) is 0.877. The van der Waals surface area contributed by atoms with Crippen molar-refractivity contribution >= 4 is 11.5 Å². The largest absolute Gasteiger partial charge is 0.333 e. The van der Waals surface area contributed by atoms with Crippen LogP contribution in [0.15, 0.2) is 10.7 Å². The van der Waals surface area contributed by atoms with Crippen molar-refractivity contribution in [2.45, 2.75) is 31.7 Å². The SMILES string of the molecule is c1nnsc1-c1nc(C2CCCCCN2)no1. The van der Waals surface area contributed by atoms with Crippen molar-refractivity contribution in [3.8, 4) is 10.8 Å². The Morgan fingerprint density at radius 1 is 1.35 bits per heavy atom. The normalized spacial score (nSPS) is 21.3. The topological polar surface area (TPSA) is 76.7 Å². The maximum Gasteiger partial charge on any atom is 0.271 e. The fraction of sp³-hybridized carbons (Fsp3) is 0.600. The van der Waals surface area contributed by atoms with Gasteiger partial charge in [0.1, 0.15) is 4.88 Å². The lowest BCUT2D eigenvalue weighted by molar-refractivity contribution is 0.403. The Morgan fingerprint density at radius 2 is 2.35 bits per heavy atom. The van der Waals surface area contributed by atoms with Crippen LogP contribution in [-0.2, 0) is 0 Å². The van der Waals surface area contributed by atoms with Crippen molar-refractivity contribution in [2.75, 3.05) is 6.54 Å². The van der Waals surface area contributed by atoms with Gasteiger partial charge in [-0.1, -0.05) is 22.5 Å². The van der Waals surface area contributed by atoms with E-state index in [4.69, 9.17) is 4.52 Å². The van der Waals surface area contributed by atoms with E-state index in [0.717, 1.165) is 23.7 Å². The lowest BCUT2D eigenvalue weighted by atomic mass is 10.1. The van der Waals surface area contributed by atoms with Gasteiger partial charge in [0.25, 0.3) is 5.89 Å². The molecule has 2 aromatic heterocycles. The van der Waals surface area contributed by atoms with Gasteiger partial charge in [0, 0.05) is 0 Å². The molecule has 1 aliphatic heterocycles. The first kappa shape index (κ1) is 10.8. The van der Waals surface area contributed by atoms with Gasteiger partial charge in [-0.2, -0.15) is 4.98 Å². The summed E-state index contributed by atoms with van der Waals surface area (Å²) in [5.74, 6) is 1.26. The molecule has 3 rings (SSSR count). The molecule has 0 bridgehead atoms. The van der Waals surface area contributed by atoms with E-state index in [9.17, 15) is 0 Å². The highest BCUT2D eigenvalue weighted by molar-refractivity contribution is 7.09. The van der Waals surface area contributed by atoms with Crippen molar-refractivity contribution in [3.05, 3.63) is 12.0 Å². The minimum atomic E-state index is 0.218. The van der Waals surface area contributed by atoms with Crippen LogP contribution < -0.4 is 5.32 Å². The Labute approximate surface area is 103 Å². The molecule has 1 saturated heterocycles. The van der Waals surface area contributed by atoms with Crippen LogP contribution in [0.1, 0.15) is 37.5 Å². The molecule has 0 saturated carbocycles. The minimum absolute atomic E-state index is 0.218. The average Bonchev–Trinajstić information content (AvgIpc) is 2.95. The second-order valence-electron chi connectivity index (χ2n) is 4.10. The van der Waals surface area contributed by atoms with Gasteiger partial charge in [-0.15, -0.1) is 5.10 Å². The molecule has 1 unspecified atom stereocenters. The molecular weight excluding hydrogens is 238 g/mol. The molecule has 3 heterocycles. The number of rotatable bonds is 2. The molecule has 0 amide bonds. The van der Waals surface area contributed by atoms with Crippen LogP contribution in [-0.4, -0.2) is 26.3 Å². The highest BCUT2D eigenvalue weighted by Gasteiger charge is 2.20. The van der Waals surface area contributed by atoms with Crippen molar-refractivity contribution in [2.24, 2.45) is 0 Å². The van der Waals surface area contributed by atoms with Crippen LogP contribution >= 0.6 is 11.5 Å². The Bertz CT molecular complexity index is 461. The zero-order valence-electron chi connectivity index (χ0n) is 9.30. The summed E-state index contributed by atoms with van der Waals surface area (Å²) in [6.45, 7) is 1.02. The summed E-state index contributed by atoms with van der Waals surface area (Å²) in [5, 5.41) is 11.2. The molecule has 1 atom stereocenters. The highest BCUT2D eigenvalue weighted by Crippen LogP contribution is 2.24. The molecule has 17 heavy (non-hydrogen) atoms. The van der Waals surface area contributed by atoms with Crippen LogP contribution in [0.3, 0.4) is 0 Å². The fourth-order valence-electron chi connectivity index (χ4n) is 1.99. The summed E-state index contributed by atoms with van der Waals surface area (Å²) >= 11 is 1.26. The Morgan fingerprint density at radius 3 is 3.24 bits per heavy atom. The smallest absolute Gasteiger partial charge is 0.271 e. The number of nitrogens with zero attached hydrogens (tertiary/aromatic N) is 4. The molecule has 0 spiro atoms. The Balaban J connectivity index is 1.79. The van der Waals surface area contributed by atoms with E-state index < -0.39 is 0 Å². The lowest BCUT2D eigenvalue weighted by Gasteiger charge is -2.09. The second-order valence-corrected chi connectivity index (χ2v) is 4.88. The molecule has 0 aliphatic carbocycles. The van der Waals surface area contributed by atoms with Crippen LogP contribution in [0.2, 0.25) is 0 Å². The van der Waals surface area contributed by atoms with Gasteiger partial charge in [0.2, 0.25) is 0 Å². The van der Waals surface area contributed by atoms with E-state index in [1.165, 1.54) is 30.8 Å². The summed E-state index contributed by atoms with van der Waals surface area (Å²) < 4.78 is 9.02. The Kier molecular flexibility index (Phi) is 3.10. The van der Waals surface area contributed by atoms with E-state index in [2.05, 4.69) is 25.0 Å². The standard InChI is InChI=1S/C10H13N5OS/c1-2-4-7(11-5-3-1)9-13-10(16-14-9)8-6-12-15-17-8/h6-7,11H,1-5H2. The van der Waals surface area contributed by atoms with E-state index in [-0.39, 0.29) is 6.04 Å². The predicted molar refractivity (Wildman–Crippen MR) is 62.4 cm³/mol. The van der Waals surface area contributed by atoms with Crippen molar-refractivity contribution in [3.63, 3.8) is 0 Å². The van der Waals surface area contributed by atoms with E-state index in [0.29, 0.717) is 5.89 Å². The molecule has 0 radical (unpaired) electrons. The summed E-state index contributed by atoms with van der Waals surface area (Å²) in [7, 11) is 0. The number of nitrogens with one attached hydrogen (secondary N) is 1. The van der Waals surface area contributed by atoms with Gasteiger partial charge < -0.3 is 9.84 Å². The molecule has 1 fully saturated rings. The van der Waals surface area contributed by atoms with E-state index >= 15 is 0 Å². The third-order valence-corrected chi connectivity index (χ3v) is 3.54. The molecule has 2 aromatic rings. The lowest BCUT2D eigenvalue weighted by Crippen LogP contribution is -2.21. The Hall–Kier alpha value is -1.34. The molecule has 1 aliphatic rings. The van der Waals surface area contributed by atoms with Crippen LogP contribution in [0.5, 0.6) is 0 Å². The number of aromatic nitrogens is 4. The third kappa shape index (κ3) is 2.34. The van der Waals surface area contributed by atoms with Crippen LogP contribution in [0, 0.1) is 0 Å². The van der Waals surface area contributed by atoms with Crippen LogP contribution in [0.4, 0.5) is 0 Å². The molecule has 0 aromatic carbocycles. The number of hydrogen-bond donors (Lipinski definition) is 1. The maximum absolute atomic E-state index is 5.23. The van der Waals surface area contributed by atoms with Gasteiger partial charge in [-0.3, -0.25) is 0 Å². The monoisotopic (exact) mass is 251 g/mol. The summed E-state index contributed by atoms with van der Waals surface area (Å²) in [6, 6.07) is 0.218.